The molecule has 1 fully saturated rings. The van der Waals surface area contributed by atoms with Gasteiger partial charge in [0.25, 0.3) is 0 Å². The van der Waals surface area contributed by atoms with Gasteiger partial charge in [0.1, 0.15) is 0 Å². The molecular formula is C14H19F3N2. The third-order valence-corrected chi connectivity index (χ3v) is 3.65. The molecule has 0 aliphatic carbocycles. The van der Waals surface area contributed by atoms with Gasteiger partial charge in [0.2, 0.25) is 0 Å². The average molecular weight is 272 g/mol. The van der Waals surface area contributed by atoms with Crippen LogP contribution in [0.1, 0.15) is 31.7 Å². The van der Waals surface area contributed by atoms with Crippen LogP contribution >= 0.6 is 0 Å². The van der Waals surface area contributed by atoms with Gasteiger partial charge in [-0.3, -0.25) is 0 Å². The highest BCUT2D eigenvalue weighted by molar-refractivity contribution is 5.61. The van der Waals surface area contributed by atoms with Gasteiger partial charge in [-0.05, 0) is 37.0 Å². The summed E-state index contributed by atoms with van der Waals surface area (Å²) in [5, 5.41) is 0. The molecule has 5 heteroatoms. The molecule has 1 aromatic rings. The number of hydrogen-bond acceptors (Lipinski definition) is 2. The van der Waals surface area contributed by atoms with E-state index >= 15 is 0 Å². The Kier molecular flexibility index (Phi) is 3.92. The highest BCUT2D eigenvalue weighted by atomic mass is 19.4. The molecule has 106 valence electrons. The van der Waals surface area contributed by atoms with E-state index in [2.05, 4.69) is 6.92 Å². The number of halogens is 3. The quantitative estimate of drug-likeness (QED) is 0.845. The van der Waals surface area contributed by atoms with Crippen molar-refractivity contribution in [2.75, 3.05) is 23.7 Å². The van der Waals surface area contributed by atoms with Gasteiger partial charge in [-0.15, -0.1) is 0 Å². The first-order valence-electron chi connectivity index (χ1n) is 6.63. The summed E-state index contributed by atoms with van der Waals surface area (Å²) in [7, 11) is 0. The molecule has 1 atom stereocenters. The fourth-order valence-electron chi connectivity index (χ4n) is 2.75. The fraction of sp³-hybridized carbons (Fsp3) is 0.571. The molecule has 2 rings (SSSR count). The number of nitrogens with two attached hydrogens (primary N) is 1. The van der Waals surface area contributed by atoms with E-state index in [1.165, 1.54) is 12.1 Å². The Bertz CT molecular complexity index is 443. The Morgan fingerprint density at radius 3 is 2.74 bits per heavy atom. The Labute approximate surface area is 111 Å². The van der Waals surface area contributed by atoms with Crippen LogP contribution in [0.15, 0.2) is 18.2 Å². The summed E-state index contributed by atoms with van der Waals surface area (Å²) >= 11 is 0. The number of hydrogen-bond donors (Lipinski definition) is 1. The summed E-state index contributed by atoms with van der Waals surface area (Å²) in [6.45, 7) is 3.51. The minimum Gasteiger partial charge on any atom is -0.399 e. The van der Waals surface area contributed by atoms with Crippen LogP contribution in [-0.4, -0.2) is 13.1 Å². The molecule has 0 saturated carbocycles. The van der Waals surface area contributed by atoms with Crippen LogP contribution in [0.5, 0.6) is 0 Å². The van der Waals surface area contributed by atoms with E-state index in [9.17, 15) is 13.2 Å². The summed E-state index contributed by atoms with van der Waals surface area (Å²) in [6.07, 6.45) is -1.23. The van der Waals surface area contributed by atoms with E-state index in [1.807, 2.05) is 4.90 Å². The molecule has 0 aromatic heterocycles. The van der Waals surface area contributed by atoms with Crippen molar-refractivity contribution in [2.24, 2.45) is 5.92 Å². The minimum absolute atomic E-state index is 0.153. The monoisotopic (exact) mass is 272 g/mol. The summed E-state index contributed by atoms with van der Waals surface area (Å²) in [5.74, 6) is 0.503. The number of anilines is 2. The van der Waals surface area contributed by atoms with E-state index in [1.54, 1.807) is 0 Å². The van der Waals surface area contributed by atoms with Crippen molar-refractivity contribution in [1.82, 2.24) is 0 Å². The smallest absolute Gasteiger partial charge is 0.399 e. The maximum absolute atomic E-state index is 13.0. The second-order valence-electron chi connectivity index (χ2n) is 5.16. The molecule has 0 amide bonds. The van der Waals surface area contributed by atoms with Crippen LogP contribution in [0.25, 0.3) is 0 Å². The number of rotatable bonds is 3. The molecule has 1 heterocycles. The van der Waals surface area contributed by atoms with Crippen molar-refractivity contribution in [1.29, 1.82) is 0 Å². The Balaban J connectivity index is 2.26. The zero-order valence-electron chi connectivity index (χ0n) is 11.0. The van der Waals surface area contributed by atoms with Crippen LogP contribution < -0.4 is 10.6 Å². The van der Waals surface area contributed by atoms with Gasteiger partial charge in [-0.25, -0.2) is 0 Å². The van der Waals surface area contributed by atoms with Crippen molar-refractivity contribution in [2.45, 2.75) is 32.4 Å². The van der Waals surface area contributed by atoms with Crippen LogP contribution in [0, 0.1) is 5.92 Å². The molecule has 1 aromatic carbocycles. The van der Waals surface area contributed by atoms with Gasteiger partial charge in [0.15, 0.2) is 0 Å². The lowest BCUT2D eigenvalue weighted by Crippen LogP contribution is -2.23. The Hall–Kier alpha value is -1.39. The molecule has 0 radical (unpaired) electrons. The topological polar surface area (TPSA) is 29.3 Å². The zero-order valence-corrected chi connectivity index (χ0v) is 11.0. The van der Waals surface area contributed by atoms with Crippen molar-refractivity contribution >= 4 is 11.4 Å². The largest absolute Gasteiger partial charge is 0.418 e. The first-order chi connectivity index (χ1) is 8.91. The Morgan fingerprint density at radius 2 is 2.11 bits per heavy atom. The first kappa shape index (κ1) is 14.0. The summed E-state index contributed by atoms with van der Waals surface area (Å²) in [4.78, 5) is 1.84. The second kappa shape index (κ2) is 5.31. The van der Waals surface area contributed by atoms with Crippen molar-refractivity contribution in [3.63, 3.8) is 0 Å². The van der Waals surface area contributed by atoms with Crippen LogP contribution in [0.2, 0.25) is 0 Å². The van der Waals surface area contributed by atoms with Gasteiger partial charge >= 0.3 is 6.18 Å². The summed E-state index contributed by atoms with van der Waals surface area (Å²) in [5.41, 5.74) is 5.28. The van der Waals surface area contributed by atoms with Gasteiger partial charge in [0.05, 0.1) is 5.56 Å². The number of benzene rings is 1. The van der Waals surface area contributed by atoms with E-state index in [0.29, 0.717) is 19.0 Å². The van der Waals surface area contributed by atoms with Crippen LogP contribution in [-0.2, 0) is 6.18 Å². The van der Waals surface area contributed by atoms with E-state index in [-0.39, 0.29) is 11.4 Å². The molecule has 2 nitrogen and oxygen atoms in total. The van der Waals surface area contributed by atoms with Crippen LogP contribution in [0.4, 0.5) is 24.5 Å². The first-order valence-corrected chi connectivity index (χ1v) is 6.63. The molecule has 0 bridgehead atoms. The maximum Gasteiger partial charge on any atom is 0.418 e. The predicted molar refractivity (Wildman–Crippen MR) is 71.1 cm³/mol. The molecule has 1 saturated heterocycles. The van der Waals surface area contributed by atoms with Crippen molar-refractivity contribution in [3.8, 4) is 0 Å². The highest BCUT2D eigenvalue weighted by Crippen LogP contribution is 2.39. The third kappa shape index (κ3) is 3.14. The molecule has 0 spiro atoms. The van der Waals surface area contributed by atoms with Gasteiger partial charge in [-0.1, -0.05) is 13.3 Å². The van der Waals surface area contributed by atoms with E-state index < -0.39 is 11.7 Å². The SMILES string of the molecule is CCCC1CCN(c2ccc(N)cc2C(F)(F)F)C1. The maximum atomic E-state index is 13.0. The molecule has 2 N–H and O–H groups in total. The lowest BCUT2D eigenvalue weighted by atomic mass is 10.0. The lowest BCUT2D eigenvalue weighted by molar-refractivity contribution is -0.137. The number of nitrogens with zero attached hydrogens (tertiary/aromatic N) is 1. The lowest BCUT2D eigenvalue weighted by Gasteiger charge is -2.23. The Morgan fingerprint density at radius 1 is 1.37 bits per heavy atom. The average Bonchev–Trinajstić information content (AvgIpc) is 2.77. The second-order valence-corrected chi connectivity index (χ2v) is 5.16. The van der Waals surface area contributed by atoms with E-state index in [4.69, 9.17) is 5.73 Å². The van der Waals surface area contributed by atoms with Crippen LogP contribution in [0.3, 0.4) is 0 Å². The fourth-order valence-corrected chi connectivity index (χ4v) is 2.75. The molecule has 1 aliphatic rings. The minimum atomic E-state index is -4.35. The van der Waals surface area contributed by atoms with E-state index in [0.717, 1.165) is 25.3 Å². The zero-order chi connectivity index (χ0) is 14.0. The van der Waals surface area contributed by atoms with Crippen molar-refractivity contribution in [3.05, 3.63) is 23.8 Å². The third-order valence-electron chi connectivity index (χ3n) is 3.65. The molecule has 1 unspecified atom stereocenters. The van der Waals surface area contributed by atoms with Gasteiger partial charge < -0.3 is 10.6 Å². The summed E-state index contributed by atoms with van der Waals surface area (Å²) in [6, 6.07) is 4.06. The van der Waals surface area contributed by atoms with Gasteiger partial charge in [-0.2, -0.15) is 13.2 Å². The molecular weight excluding hydrogens is 253 g/mol. The standard InChI is InChI=1S/C14H19F3N2/c1-2-3-10-6-7-19(9-10)13-5-4-11(18)8-12(13)14(15,16)17/h4-5,8,10H,2-3,6-7,9,18H2,1H3. The number of nitrogen functional groups attached to an aromatic ring is 1. The predicted octanol–water partition coefficient (Wildman–Crippen LogP) is 3.91. The molecule has 1 aliphatic heterocycles. The summed E-state index contributed by atoms with van der Waals surface area (Å²) < 4.78 is 39.1. The van der Waals surface area contributed by atoms with Crippen molar-refractivity contribution < 1.29 is 13.2 Å². The number of alkyl halides is 3. The highest BCUT2D eigenvalue weighted by Gasteiger charge is 2.36. The normalized spacial score (nSPS) is 20.0. The van der Waals surface area contributed by atoms with Gasteiger partial charge in [0, 0.05) is 24.5 Å². The molecule has 19 heavy (non-hydrogen) atoms.